The van der Waals surface area contributed by atoms with E-state index >= 15 is 0 Å². The molecule has 266 valence electrons. The van der Waals surface area contributed by atoms with Crippen molar-refractivity contribution in [3.8, 4) is 16.9 Å². The van der Waals surface area contributed by atoms with Crippen molar-refractivity contribution in [1.29, 1.82) is 0 Å². The minimum Gasteiger partial charge on any atom is -0.494 e. The Kier molecular flexibility index (Phi) is 9.04. The van der Waals surface area contributed by atoms with Gasteiger partial charge in [0.1, 0.15) is 24.5 Å². The maximum Gasteiger partial charge on any atom is 0.229 e. The molecule has 0 radical (unpaired) electrons. The third-order valence-corrected chi connectivity index (χ3v) is 11.6. The summed E-state index contributed by atoms with van der Waals surface area (Å²) in [5.74, 6) is 2.95. The third-order valence-electron chi connectivity index (χ3n) is 9.47. The van der Waals surface area contributed by atoms with Crippen molar-refractivity contribution in [2.24, 2.45) is 7.05 Å². The molecule has 0 amide bonds. The lowest BCUT2D eigenvalue weighted by molar-refractivity contribution is 0.416. The van der Waals surface area contributed by atoms with Gasteiger partial charge in [0.25, 0.3) is 0 Å². The molecule has 1 aliphatic heterocycles. The maximum atomic E-state index is 13.8. The van der Waals surface area contributed by atoms with Crippen LogP contribution < -0.4 is 30.5 Å². The smallest absolute Gasteiger partial charge is 0.229 e. The van der Waals surface area contributed by atoms with Crippen LogP contribution >= 0.6 is 23.1 Å². The molecule has 8 rings (SSSR count). The number of halogens is 1. The number of aryl methyl sites for hydroxylation is 1. The fourth-order valence-corrected chi connectivity index (χ4v) is 8.54. The van der Waals surface area contributed by atoms with Crippen LogP contribution in [0.15, 0.2) is 78.1 Å². The van der Waals surface area contributed by atoms with Crippen molar-refractivity contribution < 1.29 is 9.30 Å². The number of anilines is 6. The Labute approximate surface area is 310 Å². The largest absolute Gasteiger partial charge is 0.494 e. The van der Waals surface area contributed by atoms with Crippen LogP contribution in [0.4, 0.5) is 34.6 Å². The topological polar surface area (TPSA) is 139 Å². The quantitative estimate of drug-likeness (QED) is 0.140. The predicted molar refractivity (Wildman–Crippen MR) is 211 cm³/mol. The van der Waals surface area contributed by atoms with E-state index in [9.17, 15) is 4.57 Å². The van der Waals surface area contributed by atoms with Crippen molar-refractivity contribution >= 4 is 73.9 Å². The van der Waals surface area contributed by atoms with E-state index in [-0.39, 0.29) is 0 Å². The highest BCUT2D eigenvalue weighted by atomic mass is 79.9. The van der Waals surface area contributed by atoms with Crippen molar-refractivity contribution in [1.82, 2.24) is 34.7 Å². The van der Waals surface area contributed by atoms with Gasteiger partial charge in [-0.2, -0.15) is 10.1 Å². The predicted octanol–water partition coefficient (Wildman–Crippen LogP) is 6.93. The molecule has 2 fully saturated rings. The SMILES string of the molecule is COc1cc(N2CCN(c3cnccn3)CC2)c(-c2cnn(C)c2)cc1Nc1ncc(Br)c(Nc2ccc3nc(C4CC4)ccc3c2P(C)(C)=O)n1. The van der Waals surface area contributed by atoms with Crippen LogP contribution in [0.25, 0.3) is 22.0 Å². The van der Waals surface area contributed by atoms with E-state index in [1.165, 1.54) is 12.8 Å². The first-order valence-corrected chi connectivity index (χ1v) is 20.6. The summed E-state index contributed by atoms with van der Waals surface area (Å²) in [4.78, 5) is 27.7. The Bertz CT molecular complexity index is 2320. The van der Waals surface area contributed by atoms with E-state index in [1.807, 2.05) is 31.6 Å². The second-order valence-electron chi connectivity index (χ2n) is 13.5. The fourth-order valence-electron chi connectivity index (χ4n) is 6.77. The van der Waals surface area contributed by atoms with Gasteiger partial charge in [-0.1, -0.05) is 6.07 Å². The lowest BCUT2D eigenvalue weighted by atomic mass is 10.0. The fraction of sp³-hybridized carbons (Fsp3) is 0.297. The van der Waals surface area contributed by atoms with Crippen LogP contribution in [0.5, 0.6) is 5.75 Å². The molecule has 2 aromatic carbocycles. The third kappa shape index (κ3) is 6.92. The Hall–Kier alpha value is -5.07. The summed E-state index contributed by atoms with van der Waals surface area (Å²) in [5, 5.41) is 13.0. The van der Waals surface area contributed by atoms with Gasteiger partial charge < -0.3 is 29.7 Å². The standard InChI is InChI=1S/C37H39BrN11O2P/c1-47-22-24(19-42-47)26-17-31(33(51-2)18-32(26)48-13-15-49(16-14-48)34-21-39-11-12-40-34)45-37-41-20-27(38)36(46-37)44-30-10-9-29-25(35(30)52(3,4)50)7-8-28(43-29)23-5-6-23/h7-12,17-23H,5-6,13-16H2,1-4H3,(H2,41,44,45,46). The minimum absolute atomic E-state index is 0.362. The summed E-state index contributed by atoms with van der Waals surface area (Å²) < 4.78 is 22.2. The number of hydrogen-bond donors (Lipinski definition) is 2. The van der Waals surface area contributed by atoms with Crippen molar-refractivity contribution in [2.75, 3.05) is 67.1 Å². The van der Waals surface area contributed by atoms with Crippen LogP contribution in [0, 0.1) is 0 Å². The Morgan fingerprint density at radius 1 is 0.904 bits per heavy atom. The molecular formula is C37H39BrN11O2P. The molecule has 2 N–H and O–H groups in total. The van der Waals surface area contributed by atoms with Crippen LogP contribution in [0.2, 0.25) is 0 Å². The lowest BCUT2D eigenvalue weighted by Gasteiger charge is -2.37. The summed E-state index contributed by atoms with van der Waals surface area (Å²) >= 11 is 3.63. The Morgan fingerprint density at radius 2 is 1.71 bits per heavy atom. The Balaban J connectivity index is 1.11. The van der Waals surface area contributed by atoms with Gasteiger partial charge in [-0.05, 0) is 66.4 Å². The number of aromatic nitrogens is 7. The number of ether oxygens (including phenoxy) is 1. The maximum absolute atomic E-state index is 13.8. The van der Waals surface area contributed by atoms with E-state index in [1.54, 1.807) is 49.9 Å². The molecule has 1 saturated carbocycles. The van der Waals surface area contributed by atoms with Crippen molar-refractivity contribution in [3.63, 3.8) is 0 Å². The number of rotatable bonds is 10. The van der Waals surface area contributed by atoms with Crippen molar-refractivity contribution in [3.05, 3.63) is 83.7 Å². The van der Waals surface area contributed by atoms with Gasteiger partial charge >= 0.3 is 0 Å². The van der Waals surface area contributed by atoms with E-state index in [4.69, 9.17) is 14.7 Å². The van der Waals surface area contributed by atoms with Gasteiger partial charge in [0.15, 0.2) is 0 Å². The zero-order valence-corrected chi connectivity index (χ0v) is 31.9. The van der Waals surface area contributed by atoms with E-state index in [0.717, 1.165) is 70.7 Å². The molecule has 0 bridgehead atoms. The number of methoxy groups -OCH3 is 1. The first-order chi connectivity index (χ1) is 25.1. The molecule has 1 aliphatic carbocycles. The van der Waals surface area contributed by atoms with Crippen LogP contribution in [-0.2, 0) is 11.6 Å². The molecule has 0 spiro atoms. The Morgan fingerprint density at radius 3 is 2.40 bits per heavy atom. The number of nitrogens with zero attached hydrogens (tertiary/aromatic N) is 9. The number of hydrogen-bond acceptors (Lipinski definition) is 12. The van der Waals surface area contributed by atoms with E-state index < -0.39 is 7.14 Å². The molecule has 2 aliphatic rings. The molecule has 6 aromatic rings. The number of pyridine rings is 1. The second kappa shape index (κ2) is 13.8. The average molecular weight is 781 g/mol. The van der Waals surface area contributed by atoms with Gasteiger partial charge in [-0.25, -0.2) is 9.97 Å². The monoisotopic (exact) mass is 779 g/mol. The van der Waals surface area contributed by atoms with Gasteiger partial charge in [0.2, 0.25) is 5.95 Å². The highest BCUT2D eigenvalue weighted by Crippen LogP contribution is 2.44. The number of benzene rings is 2. The number of nitrogens with one attached hydrogen (secondary N) is 2. The summed E-state index contributed by atoms with van der Waals surface area (Å²) in [5.41, 5.74) is 6.39. The first kappa shape index (κ1) is 34.0. The van der Waals surface area contributed by atoms with Gasteiger partial charge in [-0.15, -0.1) is 0 Å². The normalized spacial score (nSPS) is 14.9. The second-order valence-corrected chi connectivity index (χ2v) is 17.5. The molecule has 52 heavy (non-hydrogen) atoms. The number of piperazine rings is 1. The summed E-state index contributed by atoms with van der Waals surface area (Å²) in [6.07, 6.45) is 13.1. The van der Waals surface area contributed by atoms with Gasteiger partial charge in [0, 0.05) is 103 Å². The molecule has 1 saturated heterocycles. The summed E-state index contributed by atoms with van der Waals surface area (Å²) in [7, 11) is 0.835. The molecule has 0 unspecified atom stereocenters. The number of fused-ring (bicyclic) bond motifs is 1. The minimum atomic E-state index is -2.74. The first-order valence-electron chi connectivity index (χ1n) is 17.2. The highest BCUT2D eigenvalue weighted by molar-refractivity contribution is 9.10. The zero-order valence-electron chi connectivity index (χ0n) is 29.4. The molecule has 15 heteroatoms. The summed E-state index contributed by atoms with van der Waals surface area (Å²) in [6, 6.07) is 12.2. The van der Waals surface area contributed by atoms with E-state index in [0.29, 0.717) is 39.3 Å². The van der Waals surface area contributed by atoms with Crippen LogP contribution in [0.1, 0.15) is 24.5 Å². The average Bonchev–Trinajstić information content (AvgIpc) is 3.92. The molecular weight excluding hydrogens is 741 g/mol. The van der Waals surface area contributed by atoms with Crippen LogP contribution in [0.3, 0.4) is 0 Å². The molecule has 0 atom stereocenters. The van der Waals surface area contributed by atoms with Crippen molar-refractivity contribution in [2.45, 2.75) is 18.8 Å². The molecule has 5 heterocycles. The van der Waals surface area contributed by atoms with Crippen LogP contribution in [-0.4, -0.2) is 81.3 Å². The zero-order chi connectivity index (χ0) is 36.0. The van der Waals surface area contributed by atoms with E-state index in [2.05, 4.69) is 80.7 Å². The lowest BCUT2D eigenvalue weighted by Crippen LogP contribution is -2.47. The highest BCUT2D eigenvalue weighted by Gasteiger charge is 2.27. The summed E-state index contributed by atoms with van der Waals surface area (Å²) in [6.45, 7) is 6.77. The van der Waals surface area contributed by atoms with Gasteiger partial charge in [-0.3, -0.25) is 14.6 Å². The van der Waals surface area contributed by atoms with Gasteiger partial charge in [0.05, 0.1) is 40.9 Å². The molecule has 4 aromatic heterocycles. The molecule has 13 nitrogen and oxygen atoms in total.